The first-order valence-corrected chi connectivity index (χ1v) is 4.70. The molecular formula is C11H12N2O3. The van der Waals surface area contributed by atoms with Gasteiger partial charge in [-0.05, 0) is 24.3 Å². The van der Waals surface area contributed by atoms with Crippen LogP contribution in [-0.2, 0) is 4.74 Å². The van der Waals surface area contributed by atoms with E-state index >= 15 is 0 Å². The summed E-state index contributed by atoms with van der Waals surface area (Å²) in [6.07, 6.45) is -0.543. The molecule has 16 heavy (non-hydrogen) atoms. The smallest absolute Gasteiger partial charge is 0.414 e. The summed E-state index contributed by atoms with van der Waals surface area (Å²) < 4.78 is 4.74. The van der Waals surface area contributed by atoms with Crippen molar-refractivity contribution in [3.8, 4) is 6.07 Å². The van der Waals surface area contributed by atoms with Gasteiger partial charge in [0.1, 0.15) is 6.61 Å². The van der Waals surface area contributed by atoms with Gasteiger partial charge in [-0.15, -0.1) is 0 Å². The molecule has 0 atom stereocenters. The van der Waals surface area contributed by atoms with E-state index < -0.39 is 6.09 Å². The summed E-state index contributed by atoms with van der Waals surface area (Å²) in [6.45, 7) is -0.230. The minimum absolute atomic E-state index is 0.0283. The van der Waals surface area contributed by atoms with Gasteiger partial charge in [-0.1, -0.05) is 0 Å². The second-order valence-corrected chi connectivity index (χ2v) is 3.06. The van der Waals surface area contributed by atoms with Crippen molar-refractivity contribution in [3.05, 3.63) is 29.8 Å². The quantitative estimate of drug-likeness (QED) is 0.828. The Bertz CT molecular complexity index is 395. The maximum Gasteiger partial charge on any atom is 0.414 e. The highest BCUT2D eigenvalue weighted by Crippen LogP contribution is 2.14. The van der Waals surface area contributed by atoms with Crippen molar-refractivity contribution in [1.82, 2.24) is 0 Å². The number of benzene rings is 1. The number of nitriles is 1. The van der Waals surface area contributed by atoms with Crippen molar-refractivity contribution in [2.45, 2.75) is 0 Å². The first kappa shape index (κ1) is 12.0. The molecule has 1 N–H and O–H groups in total. The second kappa shape index (κ2) is 5.73. The van der Waals surface area contributed by atoms with E-state index in [1.807, 2.05) is 6.07 Å². The lowest BCUT2D eigenvalue weighted by Gasteiger charge is -2.16. The fourth-order valence-corrected chi connectivity index (χ4v) is 1.09. The minimum Gasteiger partial charge on any atom is -0.447 e. The van der Waals surface area contributed by atoms with Crippen LogP contribution in [0.15, 0.2) is 24.3 Å². The Morgan fingerprint density at radius 2 is 2.12 bits per heavy atom. The molecule has 5 nitrogen and oxygen atoms in total. The minimum atomic E-state index is -0.543. The molecule has 0 saturated heterocycles. The van der Waals surface area contributed by atoms with Crippen LogP contribution in [-0.4, -0.2) is 31.5 Å². The Balaban J connectivity index is 2.69. The average molecular weight is 220 g/mol. The molecule has 0 aliphatic carbocycles. The Kier molecular flexibility index (Phi) is 4.30. The van der Waals surface area contributed by atoms with Crippen LogP contribution in [0.25, 0.3) is 0 Å². The predicted octanol–water partition coefficient (Wildman–Crippen LogP) is 1.12. The molecule has 0 aliphatic heterocycles. The van der Waals surface area contributed by atoms with Gasteiger partial charge < -0.3 is 9.84 Å². The van der Waals surface area contributed by atoms with Crippen molar-refractivity contribution < 1.29 is 14.6 Å². The molecule has 0 radical (unpaired) electrons. The van der Waals surface area contributed by atoms with E-state index in [-0.39, 0.29) is 13.2 Å². The molecule has 0 bridgehead atoms. The van der Waals surface area contributed by atoms with Crippen LogP contribution in [0.2, 0.25) is 0 Å². The van der Waals surface area contributed by atoms with Crippen molar-refractivity contribution in [2.24, 2.45) is 0 Å². The van der Waals surface area contributed by atoms with Gasteiger partial charge in [-0.3, -0.25) is 4.90 Å². The summed E-state index contributed by atoms with van der Waals surface area (Å²) in [5, 5.41) is 17.1. The van der Waals surface area contributed by atoms with Gasteiger partial charge in [0, 0.05) is 12.7 Å². The lowest BCUT2D eigenvalue weighted by atomic mass is 10.2. The topological polar surface area (TPSA) is 73.6 Å². The monoisotopic (exact) mass is 220 g/mol. The maximum absolute atomic E-state index is 11.4. The van der Waals surface area contributed by atoms with Gasteiger partial charge in [0.15, 0.2) is 0 Å². The molecule has 1 aromatic carbocycles. The Labute approximate surface area is 93.5 Å². The fourth-order valence-electron chi connectivity index (χ4n) is 1.09. The summed E-state index contributed by atoms with van der Waals surface area (Å²) in [5.41, 5.74) is 1.16. The lowest BCUT2D eigenvalue weighted by molar-refractivity contribution is 0.126. The van der Waals surface area contributed by atoms with Crippen LogP contribution in [0.5, 0.6) is 0 Å². The number of rotatable bonds is 3. The highest BCUT2D eigenvalue weighted by atomic mass is 16.6. The van der Waals surface area contributed by atoms with Crippen LogP contribution in [0.4, 0.5) is 10.5 Å². The number of hydrogen-bond acceptors (Lipinski definition) is 4. The molecule has 1 aromatic rings. The van der Waals surface area contributed by atoms with Crippen molar-refractivity contribution in [3.63, 3.8) is 0 Å². The van der Waals surface area contributed by atoms with Crippen LogP contribution in [0, 0.1) is 11.3 Å². The van der Waals surface area contributed by atoms with Crippen molar-refractivity contribution in [1.29, 1.82) is 5.26 Å². The Morgan fingerprint density at radius 3 is 2.62 bits per heavy atom. The molecule has 0 aliphatic rings. The molecule has 0 aromatic heterocycles. The number of anilines is 1. The molecule has 0 fully saturated rings. The largest absolute Gasteiger partial charge is 0.447 e. The standard InChI is InChI=1S/C11H12N2O3/c1-13(11(15)16-7-6-14)10-4-2-9(8-12)3-5-10/h2-5,14H,6-7H2,1H3. The van der Waals surface area contributed by atoms with E-state index in [9.17, 15) is 4.79 Å². The van der Waals surface area contributed by atoms with E-state index in [4.69, 9.17) is 15.1 Å². The third-order valence-corrected chi connectivity index (χ3v) is 1.97. The first-order chi connectivity index (χ1) is 7.69. The highest BCUT2D eigenvalue weighted by molar-refractivity contribution is 5.86. The second-order valence-electron chi connectivity index (χ2n) is 3.06. The molecule has 0 unspecified atom stereocenters. The number of amides is 1. The average Bonchev–Trinajstić information content (AvgIpc) is 2.35. The van der Waals surface area contributed by atoms with Crippen molar-refractivity contribution in [2.75, 3.05) is 25.2 Å². The molecule has 84 valence electrons. The summed E-state index contributed by atoms with van der Waals surface area (Å²) in [7, 11) is 1.56. The zero-order chi connectivity index (χ0) is 12.0. The zero-order valence-electron chi connectivity index (χ0n) is 8.88. The van der Waals surface area contributed by atoms with Crippen LogP contribution >= 0.6 is 0 Å². The molecular weight excluding hydrogens is 208 g/mol. The summed E-state index contributed by atoms with van der Waals surface area (Å²) >= 11 is 0. The fraction of sp³-hybridized carbons (Fsp3) is 0.273. The third-order valence-electron chi connectivity index (χ3n) is 1.97. The zero-order valence-corrected chi connectivity index (χ0v) is 8.88. The molecule has 1 amide bonds. The number of nitrogens with zero attached hydrogens (tertiary/aromatic N) is 2. The lowest BCUT2D eigenvalue weighted by Crippen LogP contribution is -2.27. The summed E-state index contributed by atoms with van der Waals surface area (Å²) in [4.78, 5) is 12.7. The number of aliphatic hydroxyl groups is 1. The Morgan fingerprint density at radius 1 is 1.50 bits per heavy atom. The van der Waals surface area contributed by atoms with Gasteiger partial charge in [0.25, 0.3) is 0 Å². The molecule has 5 heteroatoms. The first-order valence-electron chi connectivity index (χ1n) is 4.70. The van der Waals surface area contributed by atoms with Gasteiger partial charge in [-0.25, -0.2) is 4.79 Å². The van der Waals surface area contributed by atoms with E-state index in [1.165, 1.54) is 4.90 Å². The van der Waals surface area contributed by atoms with E-state index in [2.05, 4.69) is 0 Å². The SMILES string of the molecule is CN(C(=O)OCCO)c1ccc(C#N)cc1. The Hall–Kier alpha value is -2.06. The summed E-state index contributed by atoms with van der Waals surface area (Å²) in [5.74, 6) is 0. The van der Waals surface area contributed by atoms with Gasteiger partial charge >= 0.3 is 6.09 Å². The highest BCUT2D eigenvalue weighted by Gasteiger charge is 2.11. The third kappa shape index (κ3) is 2.97. The summed E-state index contributed by atoms with van der Waals surface area (Å²) in [6, 6.07) is 8.52. The number of aliphatic hydroxyl groups excluding tert-OH is 1. The van der Waals surface area contributed by atoms with Crippen molar-refractivity contribution >= 4 is 11.8 Å². The van der Waals surface area contributed by atoms with E-state index in [1.54, 1.807) is 31.3 Å². The van der Waals surface area contributed by atoms with E-state index in [0.29, 0.717) is 11.3 Å². The number of ether oxygens (including phenoxy) is 1. The van der Waals surface area contributed by atoms with Crippen LogP contribution in [0.1, 0.15) is 5.56 Å². The van der Waals surface area contributed by atoms with E-state index in [0.717, 1.165) is 0 Å². The number of carbonyl (C=O) groups excluding carboxylic acids is 1. The van der Waals surface area contributed by atoms with Gasteiger partial charge in [-0.2, -0.15) is 5.26 Å². The molecule has 0 saturated carbocycles. The predicted molar refractivity (Wildman–Crippen MR) is 58.0 cm³/mol. The normalized spacial score (nSPS) is 9.31. The molecule has 0 heterocycles. The molecule has 0 spiro atoms. The van der Waals surface area contributed by atoms with Crippen LogP contribution < -0.4 is 4.90 Å². The maximum atomic E-state index is 11.4. The van der Waals surface area contributed by atoms with Crippen LogP contribution in [0.3, 0.4) is 0 Å². The van der Waals surface area contributed by atoms with Gasteiger partial charge in [0.05, 0.1) is 18.2 Å². The molecule has 1 rings (SSSR count). The number of carbonyl (C=O) groups is 1. The number of hydrogen-bond donors (Lipinski definition) is 1. The van der Waals surface area contributed by atoms with Gasteiger partial charge in [0.2, 0.25) is 0 Å².